The largest absolute Gasteiger partial charge is 0.465 e. The third-order valence-electron chi connectivity index (χ3n) is 2.41. The van der Waals surface area contributed by atoms with Crippen LogP contribution < -0.4 is 5.32 Å². The van der Waals surface area contributed by atoms with Crippen molar-refractivity contribution in [3.8, 4) is 11.3 Å². The van der Waals surface area contributed by atoms with Crippen molar-refractivity contribution in [2.75, 3.05) is 5.32 Å². The molecule has 1 aromatic carbocycles. The summed E-state index contributed by atoms with van der Waals surface area (Å²) in [5, 5.41) is 14.8. The quantitative estimate of drug-likeness (QED) is 0.834. The van der Waals surface area contributed by atoms with Crippen LogP contribution in [-0.4, -0.2) is 16.4 Å². The number of nitrogens with one attached hydrogen (secondary N) is 1. The number of hydrogen-bond acceptors (Lipinski definition) is 3. The maximum atomic E-state index is 10.7. The van der Waals surface area contributed by atoms with Crippen LogP contribution in [-0.2, 0) is 0 Å². The Morgan fingerprint density at radius 2 is 1.94 bits per heavy atom. The monoisotopic (exact) mass is 232 g/mol. The highest BCUT2D eigenvalue weighted by molar-refractivity contribution is 5.89. The molecular weight excluding hydrogens is 220 g/mol. The fourth-order valence-electron chi connectivity index (χ4n) is 1.53. The molecule has 5 heteroatoms. The molecule has 17 heavy (non-hydrogen) atoms. The second-order valence-corrected chi connectivity index (χ2v) is 3.77. The zero-order valence-corrected chi connectivity index (χ0v) is 9.52. The summed E-state index contributed by atoms with van der Waals surface area (Å²) < 4.78 is 5.15. The number of rotatable bonds is 2. The van der Waals surface area contributed by atoms with Gasteiger partial charge in [-0.15, -0.1) is 0 Å². The molecule has 1 heterocycles. The van der Waals surface area contributed by atoms with Gasteiger partial charge in [0, 0.05) is 5.56 Å². The number of anilines is 1. The summed E-state index contributed by atoms with van der Waals surface area (Å²) in [6.07, 6.45) is -1.13. The van der Waals surface area contributed by atoms with Gasteiger partial charge in [-0.05, 0) is 13.8 Å². The second kappa shape index (κ2) is 4.29. The highest BCUT2D eigenvalue weighted by Gasteiger charge is 2.16. The lowest BCUT2D eigenvalue weighted by Gasteiger charge is -2.02. The lowest BCUT2D eigenvalue weighted by Crippen LogP contribution is -2.08. The minimum Gasteiger partial charge on any atom is -0.465 e. The van der Waals surface area contributed by atoms with E-state index in [0.717, 1.165) is 11.1 Å². The molecule has 0 unspecified atom stereocenters. The smallest absolute Gasteiger partial charge is 0.409 e. The van der Waals surface area contributed by atoms with Crippen molar-refractivity contribution in [2.45, 2.75) is 13.8 Å². The van der Waals surface area contributed by atoms with Gasteiger partial charge in [0.1, 0.15) is 11.4 Å². The maximum absolute atomic E-state index is 10.7. The van der Waals surface area contributed by atoms with Gasteiger partial charge in [0.2, 0.25) is 0 Å². The molecule has 0 atom stereocenters. The summed E-state index contributed by atoms with van der Waals surface area (Å²) in [4.78, 5) is 10.7. The molecule has 0 aliphatic carbocycles. The van der Waals surface area contributed by atoms with E-state index >= 15 is 0 Å². The highest BCUT2D eigenvalue weighted by Crippen LogP contribution is 2.30. The van der Waals surface area contributed by atoms with E-state index in [9.17, 15) is 4.79 Å². The Balaban J connectivity index is 2.45. The number of benzene rings is 1. The van der Waals surface area contributed by atoms with Gasteiger partial charge in [0.25, 0.3) is 0 Å². The Morgan fingerprint density at radius 3 is 2.53 bits per heavy atom. The zero-order chi connectivity index (χ0) is 12.4. The lowest BCUT2D eigenvalue weighted by atomic mass is 10.1. The predicted molar refractivity (Wildman–Crippen MR) is 63.1 cm³/mol. The van der Waals surface area contributed by atoms with Crippen LogP contribution in [0.3, 0.4) is 0 Å². The molecule has 2 rings (SSSR count). The lowest BCUT2D eigenvalue weighted by molar-refractivity contribution is 0.209. The van der Waals surface area contributed by atoms with Crippen molar-refractivity contribution in [2.24, 2.45) is 0 Å². The molecule has 0 spiro atoms. The van der Waals surface area contributed by atoms with Gasteiger partial charge in [-0.1, -0.05) is 35.0 Å². The molecule has 2 aromatic rings. The molecule has 0 fully saturated rings. The van der Waals surface area contributed by atoms with Crippen LogP contribution in [0.15, 0.2) is 28.8 Å². The predicted octanol–water partition coefficient (Wildman–Crippen LogP) is 3.05. The molecule has 0 aliphatic rings. The van der Waals surface area contributed by atoms with E-state index < -0.39 is 6.09 Å². The summed E-state index contributed by atoms with van der Waals surface area (Å²) >= 11 is 0. The number of carboxylic acid groups (broad SMARTS) is 1. The number of hydrogen-bond donors (Lipinski definition) is 2. The maximum Gasteiger partial charge on any atom is 0.409 e. The number of carbonyl (C=O) groups is 1. The van der Waals surface area contributed by atoms with Gasteiger partial charge in [0.05, 0.1) is 0 Å². The number of amides is 1. The first-order chi connectivity index (χ1) is 8.08. The minimum atomic E-state index is -1.13. The molecule has 2 N–H and O–H groups in total. The third kappa shape index (κ3) is 2.28. The normalized spacial score (nSPS) is 10.2. The van der Waals surface area contributed by atoms with Gasteiger partial charge >= 0.3 is 6.09 Å². The first kappa shape index (κ1) is 11.2. The van der Waals surface area contributed by atoms with Gasteiger partial charge in [-0.2, -0.15) is 0 Å². The SMILES string of the molecule is Cc1ccc(-c2onc(C)c2NC(=O)O)cc1. The average Bonchev–Trinajstić information content (AvgIpc) is 2.61. The average molecular weight is 232 g/mol. The number of aryl methyl sites for hydroxylation is 2. The van der Waals surface area contributed by atoms with E-state index in [-0.39, 0.29) is 0 Å². The summed E-state index contributed by atoms with van der Waals surface area (Å²) in [5.74, 6) is 0.435. The first-order valence-electron chi connectivity index (χ1n) is 5.11. The van der Waals surface area contributed by atoms with Crippen LogP contribution in [0.25, 0.3) is 11.3 Å². The number of nitrogens with zero attached hydrogens (tertiary/aromatic N) is 1. The van der Waals surface area contributed by atoms with Crippen LogP contribution in [0.1, 0.15) is 11.3 Å². The van der Waals surface area contributed by atoms with E-state index in [1.165, 1.54) is 0 Å². The summed E-state index contributed by atoms with van der Waals surface area (Å²) in [6, 6.07) is 7.58. The first-order valence-corrected chi connectivity index (χ1v) is 5.11. The van der Waals surface area contributed by atoms with E-state index in [1.807, 2.05) is 31.2 Å². The second-order valence-electron chi connectivity index (χ2n) is 3.77. The molecular formula is C12H12N2O3. The fourth-order valence-corrected chi connectivity index (χ4v) is 1.53. The Bertz CT molecular complexity index is 543. The Hall–Kier alpha value is -2.30. The number of aromatic nitrogens is 1. The van der Waals surface area contributed by atoms with Crippen LogP contribution in [0, 0.1) is 13.8 Å². The van der Waals surface area contributed by atoms with Crippen LogP contribution in [0.2, 0.25) is 0 Å². The molecule has 0 saturated carbocycles. The highest BCUT2D eigenvalue weighted by atomic mass is 16.5. The van der Waals surface area contributed by atoms with Crippen LogP contribution in [0.5, 0.6) is 0 Å². The van der Waals surface area contributed by atoms with Crippen molar-refractivity contribution in [1.29, 1.82) is 0 Å². The topological polar surface area (TPSA) is 75.4 Å². The molecule has 0 radical (unpaired) electrons. The van der Waals surface area contributed by atoms with E-state index in [4.69, 9.17) is 9.63 Å². The van der Waals surface area contributed by atoms with Crippen molar-refractivity contribution < 1.29 is 14.4 Å². The molecule has 1 aromatic heterocycles. The Labute approximate surface area is 98.1 Å². The summed E-state index contributed by atoms with van der Waals surface area (Å²) in [7, 11) is 0. The molecule has 1 amide bonds. The van der Waals surface area contributed by atoms with Crippen molar-refractivity contribution in [3.05, 3.63) is 35.5 Å². The molecule has 5 nitrogen and oxygen atoms in total. The van der Waals surface area contributed by atoms with Crippen molar-refractivity contribution in [1.82, 2.24) is 5.16 Å². The Kier molecular flexibility index (Phi) is 2.82. The van der Waals surface area contributed by atoms with E-state index in [0.29, 0.717) is 17.1 Å². The van der Waals surface area contributed by atoms with Crippen LogP contribution in [0.4, 0.5) is 10.5 Å². The molecule has 0 aliphatic heterocycles. The van der Waals surface area contributed by atoms with Crippen LogP contribution >= 0.6 is 0 Å². The summed E-state index contributed by atoms with van der Waals surface area (Å²) in [6.45, 7) is 3.66. The van der Waals surface area contributed by atoms with Crippen molar-refractivity contribution in [3.63, 3.8) is 0 Å². The van der Waals surface area contributed by atoms with E-state index in [2.05, 4.69) is 10.5 Å². The van der Waals surface area contributed by atoms with Gasteiger partial charge in [-0.3, -0.25) is 5.32 Å². The van der Waals surface area contributed by atoms with Gasteiger partial charge in [0.15, 0.2) is 5.76 Å². The van der Waals surface area contributed by atoms with Gasteiger partial charge in [-0.25, -0.2) is 4.79 Å². The third-order valence-corrected chi connectivity index (χ3v) is 2.41. The zero-order valence-electron chi connectivity index (χ0n) is 9.52. The molecule has 88 valence electrons. The van der Waals surface area contributed by atoms with E-state index in [1.54, 1.807) is 6.92 Å². The standard InChI is InChI=1S/C12H12N2O3/c1-7-3-5-9(6-4-7)11-10(13-12(15)16)8(2)14-17-11/h3-6,13H,1-2H3,(H,15,16). The minimum absolute atomic E-state index is 0.390. The fraction of sp³-hybridized carbons (Fsp3) is 0.167. The Morgan fingerprint density at radius 1 is 1.29 bits per heavy atom. The molecule has 0 saturated heterocycles. The van der Waals surface area contributed by atoms with Gasteiger partial charge < -0.3 is 9.63 Å². The molecule has 0 bridgehead atoms. The summed E-state index contributed by atoms with van der Waals surface area (Å²) in [5.41, 5.74) is 2.82. The van der Waals surface area contributed by atoms with Crippen molar-refractivity contribution >= 4 is 11.8 Å².